The Morgan fingerprint density at radius 1 is 1.08 bits per heavy atom. The van der Waals surface area contributed by atoms with Gasteiger partial charge in [-0.15, -0.1) is 0 Å². The minimum atomic E-state index is -0.103. The maximum absolute atomic E-state index is 12.5. The summed E-state index contributed by atoms with van der Waals surface area (Å²) < 4.78 is 5.29. The highest BCUT2D eigenvalue weighted by Crippen LogP contribution is 2.24. The van der Waals surface area contributed by atoms with Crippen LogP contribution in [-0.2, 0) is 13.1 Å². The van der Waals surface area contributed by atoms with Crippen molar-refractivity contribution in [1.29, 1.82) is 0 Å². The second kappa shape index (κ2) is 6.63. The number of carbonyl (C=O) groups is 1. The lowest BCUT2D eigenvalue weighted by Gasteiger charge is -2.16. The van der Waals surface area contributed by atoms with Crippen molar-refractivity contribution in [2.75, 3.05) is 5.32 Å². The maximum Gasteiger partial charge on any atom is 0.322 e. The molecule has 4 rings (SSSR count). The monoisotopic (exact) mass is 348 g/mol. The Morgan fingerprint density at radius 2 is 1.73 bits per heavy atom. The van der Waals surface area contributed by atoms with Gasteiger partial charge in [0.25, 0.3) is 5.89 Å². The lowest BCUT2D eigenvalue weighted by atomic mass is 10.1. The van der Waals surface area contributed by atoms with Gasteiger partial charge in [0, 0.05) is 30.3 Å². The number of nitrogens with zero attached hydrogens (tertiary/aromatic N) is 3. The number of nitrogens with one attached hydrogen (secondary N) is 1. The lowest BCUT2D eigenvalue weighted by molar-refractivity contribution is 0.212. The van der Waals surface area contributed by atoms with Crippen LogP contribution in [0.5, 0.6) is 0 Å². The summed E-state index contributed by atoms with van der Waals surface area (Å²) in [5, 5.41) is 6.91. The first-order valence-electron chi connectivity index (χ1n) is 8.67. The third-order valence-corrected chi connectivity index (χ3v) is 4.47. The van der Waals surface area contributed by atoms with E-state index in [9.17, 15) is 4.79 Å². The first-order chi connectivity index (χ1) is 12.6. The van der Waals surface area contributed by atoms with Gasteiger partial charge in [-0.05, 0) is 35.4 Å². The third-order valence-electron chi connectivity index (χ3n) is 4.47. The predicted molar refractivity (Wildman–Crippen MR) is 98.5 cm³/mol. The molecule has 1 aromatic heterocycles. The topological polar surface area (TPSA) is 71.3 Å². The van der Waals surface area contributed by atoms with Gasteiger partial charge in [-0.3, -0.25) is 0 Å². The quantitative estimate of drug-likeness (QED) is 0.761. The summed E-state index contributed by atoms with van der Waals surface area (Å²) in [6.45, 7) is 5.31. The highest BCUT2D eigenvalue weighted by molar-refractivity contribution is 5.90. The van der Waals surface area contributed by atoms with E-state index in [0.29, 0.717) is 24.8 Å². The maximum atomic E-state index is 12.5. The summed E-state index contributed by atoms with van der Waals surface area (Å²) in [4.78, 5) is 18.7. The van der Waals surface area contributed by atoms with E-state index in [1.54, 1.807) is 4.90 Å². The number of urea groups is 1. The summed E-state index contributed by atoms with van der Waals surface area (Å²) in [7, 11) is 0. The SMILES string of the molecule is CC(C)c1noc(-c2ccc(NC(=O)N3Cc4ccccc4C3)cc2)n1. The number of benzene rings is 2. The number of anilines is 1. The van der Waals surface area contributed by atoms with Crippen molar-refractivity contribution in [3.05, 3.63) is 65.5 Å². The van der Waals surface area contributed by atoms with Crippen LogP contribution < -0.4 is 5.32 Å². The van der Waals surface area contributed by atoms with E-state index >= 15 is 0 Å². The van der Waals surface area contributed by atoms with E-state index in [1.807, 2.05) is 50.2 Å². The third kappa shape index (κ3) is 3.18. The van der Waals surface area contributed by atoms with Crippen LogP contribution in [0.3, 0.4) is 0 Å². The van der Waals surface area contributed by atoms with Crippen molar-refractivity contribution >= 4 is 11.7 Å². The van der Waals surface area contributed by atoms with Crippen LogP contribution in [-0.4, -0.2) is 21.1 Å². The molecule has 0 atom stereocenters. The second-order valence-corrected chi connectivity index (χ2v) is 6.74. The first-order valence-corrected chi connectivity index (χ1v) is 8.67. The number of rotatable bonds is 3. The van der Waals surface area contributed by atoms with E-state index in [4.69, 9.17) is 4.52 Å². The molecule has 1 N–H and O–H groups in total. The van der Waals surface area contributed by atoms with Crippen molar-refractivity contribution in [1.82, 2.24) is 15.0 Å². The van der Waals surface area contributed by atoms with Crippen molar-refractivity contribution in [3.8, 4) is 11.5 Å². The highest BCUT2D eigenvalue weighted by Gasteiger charge is 2.22. The number of hydrogen-bond acceptors (Lipinski definition) is 4. The van der Waals surface area contributed by atoms with Crippen molar-refractivity contribution in [2.24, 2.45) is 0 Å². The second-order valence-electron chi connectivity index (χ2n) is 6.74. The number of fused-ring (bicyclic) bond motifs is 1. The Morgan fingerprint density at radius 3 is 2.31 bits per heavy atom. The van der Waals surface area contributed by atoms with Crippen molar-refractivity contribution < 1.29 is 9.32 Å². The molecule has 0 unspecified atom stereocenters. The minimum Gasteiger partial charge on any atom is -0.334 e. The van der Waals surface area contributed by atoms with Crippen LogP contribution in [0.1, 0.15) is 36.7 Å². The van der Waals surface area contributed by atoms with Crippen LogP contribution in [0, 0.1) is 0 Å². The van der Waals surface area contributed by atoms with Crippen molar-refractivity contribution in [3.63, 3.8) is 0 Å². The van der Waals surface area contributed by atoms with Crippen molar-refractivity contribution in [2.45, 2.75) is 32.9 Å². The summed E-state index contributed by atoms with van der Waals surface area (Å²) in [5.41, 5.74) is 3.97. The van der Waals surface area contributed by atoms with Crippen LogP contribution in [0.25, 0.3) is 11.5 Å². The fourth-order valence-corrected chi connectivity index (χ4v) is 2.96. The molecule has 1 aliphatic heterocycles. The van der Waals surface area contributed by atoms with Crippen LogP contribution in [0.4, 0.5) is 10.5 Å². The molecule has 0 bridgehead atoms. The number of hydrogen-bond donors (Lipinski definition) is 1. The Kier molecular flexibility index (Phi) is 4.16. The summed E-state index contributed by atoms with van der Waals surface area (Å²) >= 11 is 0. The van der Waals surface area contributed by atoms with Crippen LogP contribution >= 0.6 is 0 Å². The van der Waals surface area contributed by atoms with Gasteiger partial charge in [-0.25, -0.2) is 4.79 Å². The molecule has 0 aliphatic carbocycles. The minimum absolute atomic E-state index is 0.103. The van der Waals surface area contributed by atoms with E-state index in [2.05, 4.69) is 27.6 Å². The molecule has 6 nitrogen and oxygen atoms in total. The number of aromatic nitrogens is 2. The smallest absolute Gasteiger partial charge is 0.322 e. The van der Waals surface area contributed by atoms with Gasteiger partial charge < -0.3 is 14.7 Å². The summed E-state index contributed by atoms with van der Waals surface area (Å²) in [6, 6.07) is 15.4. The Balaban J connectivity index is 1.42. The van der Waals surface area contributed by atoms with Gasteiger partial charge in [0.2, 0.25) is 0 Å². The summed E-state index contributed by atoms with van der Waals surface area (Å²) in [5.74, 6) is 1.39. The number of amides is 2. The fraction of sp³-hybridized carbons (Fsp3) is 0.250. The van der Waals surface area contributed by atoms with E-state index in [1.165, 1.54) is 11.1 Å². The molecule has 0 saturated heterocycles. The average molecular weight is 348 g/mol. The van der Waals surface area contributed by atoms with Gasteiger partial charge >= 0.3 is 6.03 Å². The molecule has 26 heavy (non-hydrogen) atoms. The molecule has 6 heteroatoms. The lowest BCUT2D eigenvalue weighted by Crippen LogP contribution is -2.30. The van der Waals surface area contributed by atoms with E-state index in [-0.39, 0.29) is 11.9 Å². The molecular weight excluding hydrogens is 328 g/mol. The van der Waals surface area contributed by atoms with Gasteiger partial charge in [-0.1, -0.05) is 43.3 Å². The van der Waals surface area contributed by atoms with Gasteiger partial charge in [0.05, 0.1) is 0 Å². The van der Waals surface area contributed by atoms with Gasteiger partial charge in [-0.2, -0.15) is 4.98 Å². The number of carbonyl (C=O) groups excluding carboxylic acids is 1. The zero-order valence-electron chi connectivity index (χ0n) is 14.8. The highest BCUT2D eigenvalue weighted by atomic mass is 16.5. The molecule has 3 aromatic rings. The molecule has 0 saturated carbocycles. The zero-order valence-corrected chi connectivity index (χ0v) is 14.8. The molecule has 2 aromatic carbocycles. The van der Waals surface area contributed by atoms with E-state index in [0.717, 1.165) is 11.3 Å². The van der Waals surface area contributed by atoms with E-state index < -0.39 is 0 Å². The molecule has 2 heterocycles. The molecule has 132 valence electrons. The molecule has 0 radical (unpaired) electrons. The normalized spacial score (nSPS) is 13.1. The van der Waals surface area contributed by atoms with Crippen LogP contribution in [0.15, 0.2) is 53.1 Å². The molecule has 2 amide bonds. The molecule has 0 fully saturated rings. The molecule has 0 spiro atoms. The summed E-state index contributed by atoms with van der Waals surface area (Å²) in [6.07, 6.45) is 0. The Bertz CT molecular complexity index is 906. The fourth-order valence-electron chi connectivity index (χ4n) is 2.96. The standard InChI is InChI=1S/C20H20N4O2/c1-13(2)18-22-19(26-23-18)14-7-9-17(10-8-14)21-20(25)24-11-15-5-3-4-6-16(15)12-24/h3-10,13H,11-12H2,1-2H3,(H,21,25). The van der Waals surface area contributed by atoms with Gasteiger partial charge in [0.15, 0.2) is 5.82 Å². The van der Waals surface area contributed by atoms with Gasteiger partial charge in [0.1, 0.15) is 0 Å². The molecule has 1 aliphatic rings. The zero-order chi connectivity index (χ0) is 18.1. The first kappa shape index (κ1) is 16.3. The largest absolute Gasteiger partial charge is 0.334 e. The molecular formula is C20H20N4O2. The average Bonchev–Trinajstić information content (AvgIpc) is 3.29. The Labute approximate surface area is 151 Å². The predicted octanol–water partition coefficient (Wildman–Crippen LogP) is 4.41. The Hall–Kier alpha value is -3.15. The van der Waals surface area contributed by atoms with Crippen LogP contribution in [0.2, 0.25) is 0 Å².